The lowest BCUT2D eigenvalue weighted by atomic mass is 9.77. The average molecular weight is 557 g/mol. The SMILES string of the molecule is CCC(CC)(CC)c1nc(-c2ccc(-c3ccc(B4OC(C)(C)C(C)(C)O4)cc3)nc2)nc(C(CC)(CC)CC)n1. The van der Waals surface area contributed by atoms with Crippen molar-refractivity contribution in [2.24, 2.45) is 0 Å². The fraction of sp³-hybridized carbons (Fsp3) is 0.588. The second-order valence-electron chi connectivity index (χ2n) is 12.6. The average Bonchev–Trinajstić information content (AvgIpc) is 3.22. The van der Waals surface area contributed by atoms with Crippen LogP contribution in [0.5, 0.6) is 0 Å². The molecule has 4 rings (SSSR count). The van der Waals surface area contributed by atoms with Crippen molar-refractivity contribution in [3.8, 4) is 22.6 Å². The molecule has 7 heteroatoms. The fourth-order valence-electron chi connectivity index (χ4n) is 5.92. The van der Waals surface area contributed by atoms with E-state index in [0.717, 1.165) is 78.3 Å². The third kappa shape index (κ3) is 5.72. The summed E-state index contributed by atoms with van der Waals surface area (Å²) in [5.41, 5.74) is 3.03. The van der Waals surface area contributed by atoms with E-state index in [4.69, 9.17) is 29.2 Å². The maximum absolute atomic E-state index is 6.22. The van der Waals surface area contributed by atoms with Crippen LogP contribution in [0.25, 0.3) is 22.6 Å². The van der Waals surface area contributed by atoms with Gasteiger partial charge in [0.1, 0.15) is 11.6 Å². The predicted octanol–water partition coefficient (Wildman–Crippen LogP) is 7.84. The Morgan fingerprint density at radius 2 is 1.05 bits per heavy atom. The summed E-state index contributed by atoms with van der Waals surface area (Å²) in [4.78, 5) is 20.2. The molecule has 1 fully saturated rings. The molecular formula is C34H49BN4O2. The summed E-state index contributed by atoms with van der Waals surface area (Å²) >= 11 is 0. The molecule has 1 aliphatic heterocycles. The lowest BCUT2D eigenvalue weighted by Crippen LogP contribution is -2.41. The number of hydrogen-bond acceptors (Lipinski definition) is 6. The Labute approximate surface area is 248 Å². The molecule has 0 spiro atoms. The molecule has 0 bridgehead atoms. The maximum Gasteiger partial charge on any atom is 0.494 e. The normalized spacial score (nSPS) is 16.8. The van der Waals surface area contributed by atoms with Gasteiger partial charge in [0.15, 0.2) is 5.82 Å². The van der Waals surface area contributed by atoms with E-state index in [1.165, 1.54) is 0 Å². The van der Waals surface area contributed by atoms with Crippen molar-refractivity contribution in [2.45, 2.75) is 130 Å². The Balaban J connectivity index is 1.68. The topological polar surface area (TPSA) is 70.0 Å². The van der Waals surface area contributed by atoms with Gasteiger partial charge in [0.2, 0.25) is 0 Å². The molecule has 0 aliphatic carbocycles. The Morgan fingerprint density at radius 3 is 1.44 bits per heavy atom. The molecule has 1 saturated heterocycles. The smallest absolute Gasteiger partial charge is 0.399 e. The zero-order chi connectivity index (χ0) is 30.1. The van der Waals surface area contributed by atoms with Gasteiger partial charge in [-0.05, 0) is 83.8 Å². The minimum atomic E-state index is -0.375. The number of nitrogens with zero attached hydrogens (tertiary/aromatic N) is 4. The fourth-order valence-corrected chi connectivity index (χ4v) is 5.92. The molecule has 3 aromatic rings. The molecule has 6 nitrogen and oxygen atoms in total. The standard InChI is InChI=1S/C34H49BN4O2/c1-11-33(12-2,13-3)29-37-28(38-30(39-29)34(14-4,15-5)16-6)25-19-22-27(36-23-25)24-17-20-26(21-18-24)35-40-31(7,8)32(9,10)41-35/h17-23H,11-16H2,1-10H3. The Kier molecular flexibility index (Phi) is 9.11. The zero-order valence-electron chi connectivity index (χ0n) is 27.0. The molecule has 1 aliphatic rings. The first-order valence-corrected chi connectivity index (χ1v) is 15.6. The molecule has 0 amide bonds. The molecule has 220 valence electrons. The molecule has 0 radical (unpaired) electrons. The van der Waals surface area contributed by atoms with Crippen LogP contribution in [0, 0.1) is 0 Å². The highest BCUT2D eigenvalue weighted by Crippen LogP contribution is 2.39. The van der Waals surface area contributed by atoms with Gasteiger partial charge < -0.3 is 9.31 Å². The number of rotatable bonds is 11. The van der Waals surface area contributed by atoms with Gasteiger partial charge in [-0.15, -0.1) is 0 Å². The molecule has 0 N–H and O–H groups in total. The van der Waals surface area contributed by atoms with Gasteiger partial charge in [-0.3, -0.25) is 4.98 Å². The second kappa shape index (κ2) is 11.9. The summed E-state index contributed by atoms with van der Waals surface area (Å²) in [6.45, 7) is 21.8. The van der Waals surface area contributed by atoms with Crippen molar-refractivity contribution in [1.29, 1.82) is 0 Å². The molecular weight excluding hydrogens is 507 g/mol. The van der Waals surface area contributed by atoms with Crippen LogP contribution in [0.15, 0.2) is 42.6 Å². The van der Waals surface area contributed by atoms with Crippen LogP contribution in [-0.4, -0.2) is 38.3 Å². The van der Waals surface area contributed by atoms with Crippen LogP contribution >= 0.6 is 0 Å². The number of benzene rings is 1. The van der Waals surface area contributed by atoms with Crippen LogP contribution in [0.2, 0.25) is 0 Å². The molecule has 0 unspecified atom stereocenters. The van der Waals surface area contributed by atoms with Crippen molar-refractivity contribution in [1.82, 2.24) is 19.9 Å². The lowest BCUT2D eigenvalue weighted by molar-refractivity contribution is 0.00578. The zero-order valence-corrected chi connectivity index (χ0v) is 27.0. The van der Waals surface area contributed by atoms with E-state index >= 15 is 0 Å². The summed E-state index contributed by atoms with van der Waals surface area (Å²) in [6.07, 6.45) is 7.90. The Hall–Kier alpha value is -2.64. The summed E-state index contributed by atoms with van der Waals surface area (Å²) in [5, 5.41) is 0. The highest BCUT2D eigenvalue weighted by Gasteiger charge is 2.51. The lowest BCUT2D eigenvalue weighted by Gasteiger charge is -2.33. The maximum atomic E-state index is 6.22. The number of hydrogen-bond donors (Lipinski definition) is 0. The largest absolute Gasteiger partial charge is 0.494 e. The van der Waals surface area contributed by atoms with Gasteiger partial charge in [-0.25, -0.2) is 15.0 Å². The van der Waals surface area contributed by atoms with Gasteiger partial charge in [-0.1, -0.05) is 65.8 Å². The molecule has 3 heterocycles. The second-order valence-corrected chi connectivity index (χ2v) is 12.6. The molecule has 0 saturated carbocycles. The van der Waals surface area contributed by atoms with E-state index in [1.807, 2.05) is 6.20 Å². The van der Waals surface area contributed by atoms with Gasteiger partial charge in [0, 0.05) is 28.2 Å². The van der Waals surface area contributed by atoms with Crippen LogP contribution in [-0.2, 0) is 20.1 Å². The predicted molar refractivity (Wildman–Crippen MR) is 169 cm³/mol. The first-order chi connectivity index (χ1) is 19.4. The molecule has 2 aromatic heterocycles. The minimum Gasteiger partial charge on any atom is -0.399 e. The highest BCUT2D eigenvalue weighted by molar-refractivity contribution is 6.62. The van der Waals surface area contributed by atoms with Gasteiger partial charge in [0.25, 0.3) is 0 Å². The van der Waals surface area contributed by atoms with E-state index in [1.54, 1.807) is 0 Å². The third-order valence-corrected chi connectivity index (χ3v) is 10.4. The Bertz CT molecular complexity index is 1240. The highest BCUT2D eigenvalue weighted by atomic mass is 16.7. The van der Waals surface area contributed by atoms with E-state index in [0.29, 0.717) is 0 Å². The van der Waals surface area contributed by atoms with Crippen LogP contribution in [0.4, 0.5) is 0 Å². The van der Waals surface area contributed by atoms with Crippen LogP contribution in [0.3, 0.4) is 0 Å². The van der Waals surface area contributed by atoms with Crippen molar-refractivity contribution in [2.75, 3.05) is 0 Å². The minimum absolute atomic E-state index is 0.0559. The summed E-state index contributed by atoms with van der Waals surface area (Å²) in [7, 11) is -0.375. The first-order valence-electron chi connectivity index (χ1n) is 15.6. The van der Waals surface area contributed by atoms with Crippen LogP contribution < -0.4 is 5.46 Å². The van der Waals surface area contributed by atoms with Gasteiger partial charge in [-0.2, -0.15) is 0 Å². The molecule has 0 atom stereocenters. The van der Waals surface area contributed by atoms with Gasteiger partial charge in [0.05, 0.1) is 16.9 Å². The number of aromatic nitrogens is 4. The molecule has 1 aromatic carbocycles. The van der Waals surface area contributed by atoms with E-state index in [2.05, 4.69) is 106 Å². The van der Waals surface area contributed by atoms with Crippen molar-refractivity contribution >= 4 is 12.6 Å². The summed E-state index contributed by atoms with van der Waals surface area (Å²) < 4.78 is 12.4. The van der Waals surface area contributed by atoms with Crippen LogP contribution in [0.1, 0.15) is 119 Å². The molecule has 41 heavy (non-hydrogen) atoms. The van der Waals surface area contributed by atoms with E-state index in [-0.39, 0.29) is 29.2 Å². The number of pyridine rings is 1. The van der Waals surface area contributed by atoms with Crippen molar-refractivity contribution in [3.63, 3.8) is 0 Å². The van der Waals surface area contributed by atoms with E-state index in [9.17, 15) is 0 Å². The van der Waals surface area contributed by atoms with Crippen molar-refractivity contribution in [3.05, 3.63) is 54.2 Å². The monoisotopic (exact) mass is 556 g/mol. The Morgan fingerprint density at radius 1 is 0.610 bits per heavy atom. The van der Waals surface area contributed by atoms with E-state index < -0.39 is 0 Å². The third-order valence-electron chi connectivity index (χ3n) is 10.4. The summed E-state index contributed by atoms with van der Waals surface area (Å²) in [5.74, 6) is 2.57. The van der Waals surface area contributed by atoms with Crippen molar-refractivity contribution < 1.29 is 9.31 Å². The summed E-state index contributed by atoms with van der Waals surface area (Å²) in [6, 6.07) is 12.4. The van der Waals surface area contributed by atoms with Gasteiger partial charge >= 0.3 is 7.12 Å². The quantitative estimate of drug-likeness (QED) is 0.224. The first kappa shape index (κ1) is 31.3.